The molecule has 2 aromatic heterocycles. The Bertz CT molecular complexity index is 1880. The molecule has 2 aliphatic rings. The Morgan fingerprint density at radius 2 is 1.45 bits per heavy atom. The average Bonchev–Trinajstić information content (AvgIpc) is 3.92. The summed E-state index contributed by atoms with van der Waals surface area (Å²) in [6.07, 6.45) is -6.66. The molecule has 0 amide bonds. The van der Waals surface area contributed by atoms with Crippen LogP contribution in [0.25, 0.3) is 0 Å². The van der Waals surface area contributed by atoms with Crippen molar-refractivity contribution >= 4 is 23.9 Å². The van der Waals surface area contributed by atoms with Crippen molar-refractivity contribution < 1.29 is 71.3 Å². The van der Waals surface area contributed by atoms with Crippen molar-refractivity contribution in [3.05, 3.63) is 82.8 Å². The van der Waals surface area contributed by atoms with E-state index < -0.39 is 84.4 Å². The monoisotopic (exact) mass is 786 g/mol. The number of esters is 4. The molecule has 1 saturated carbocycles. The van der Waals surface area contributed by atoms with E-state index in [4.69, 9.17) is 33.2 Å². The van der Waals surface area contributed by atoms with Crippen molar-refractivity contribution in [2.45, 2.75) is 115 Å². The number of aliphatic hydroxyl groups is 2. The standard InChI is InChI=1S/C39H44F2N2O13/c1-20(44)50-19-31-34(51-21(2)45)35(52-22(3)46)36(53-23(4)47)37(55-31)56-33-14-7-24(17-43-33)15-28(26-9-13-32(42-18-26)38(5,6)48)25-8-12-29(39(40,41)49)30(16-25)54-27-10-11-27/h7-9,12-14,16-18,27-28,31,34-37,48-49H,10-11,15,19H2,1-6H3/t28-,31?,34-,35?,36+,37-/m0/s1. The molecular formula is C39H44F2N2O13. The molecule has 2 N–H and O–H groups in total. The quantitative estimate of drug-likeness (QED) is 0.165. The number of rotatable bonds is 15. The Labute approximate surface area is 321 Å². The molecule has 6 atom stereocenters. The van der Waals surface area contributed by atoms with Gasteiger partial charge in [0, 0.05) is 52.1 Å². The Morgan fingerprint density at radius 1 is 0.804 bits per heavy atom. The molecule has 5 rings (SSSR count). The van der Waals surface area contributed by atoms with E-state index in [0.717, 1.165) is 33.8 Å². The van der Waals surface area contributed by atoms with Gasteiger partial charge in [0.25, 0.3) is 0 Å². The number of benzene rings is 1. The Balaban J connectivity index is 1.46. The van der Waals surface area contributed by atoms with E-state index in [2.05, 4.69) is 9.97 Å². The Kier molecular flexibility index (Phi) is 12.9. The van der Waals surface area contributed by atoms with Crippen molar-refractivity contribution in [2.24, 2.45) is 0 Å². The number of nitrogens with zero attached hydrogens (tertiary/aromatic N) is 2. The van der Waals surface area contributed by atoms with Crippen molar-refractivity contribution in [1.82, 2.24) is 9.97 Å². The maximum absolute atomic E-state index is 14.2. The summed E-state index contributed by atoms with van der Waals surface area (Å²) >= 11 is 0. The lowest BCUT2D eigenvalue weighted by Crippen LogP contribution is -2.63. The summed E-state index contributed by atoms with van der Waals surface area (Å²) in [5, 5.41) is 20.1. The predicted octanol–water partition coefficient (Wildman–Crippen LogP) is 4.12. The number of halogens is 2. The number of ether oxygens (including phenoxy) is 7. The molecule has 3 heterocycles. The fraction of sp³-hybridized carbons (Fsp3) is 0.487. The molecule has 2 unspecified atom stereocenters. The summed E-state index contributed by atoms with van der Waals surface area (Å²) in [6, 6.07) is 10.7. The second-order valence-corrected chi connectivity index (χ2v) is 14.1. The van der Waals surface area contributed by atoms with E-state index in [1.165, 1.54) is 24.4 Å². The highest BCUT2D eigenvalue weighted by molar-refractivity contribution is 5.68. The van der Waals surface area contributed by atoms with Gasteiger partial charge in [-0.25, -0.2) is 4.98 Å². The van der Waals surface area contributed by atoms with Crippen LogP contribution in [0.4, 0.5) is 8.78 Å². The molecule has 1 aromatic carbocycles. The number of hydrogen-bond donors (Lipinski definition) is 2. The molecule has 56 heavy (non-hydrogen) atoms. The summed E-state index contributed by atoms with van der Waals surface area (Å²) in [7, 11) is 0. The molecule has 3 aromatic rings. The van der Waals surface area contributed by atoms with Crippen molar-refractivity contribution in [2.75, 3.05) is 6.61 Å². The normalized spacial score (nSPS) is 21.6. The van der Waals surface area contributed by atoms with Gasteiger partial charge in [-0.3, -0.25) is 24.2 Å². The van der Waals surface area contributed by atoms with Crippen LogP contribution in [-0.2, 0) is 61.0 Å². The van der Waals surface area contributed by atoms with Gasteiger partial charge in [0.1, 0.15) is 24.1 Å². The first kappa shape index (κ1) is 41.9. The SMILES string of the molecule is CC(=O)OCC1O[C@@H](Oc2ccc(C[C@H](c3ccc(C(C)(C)O)nc3)c3ccc(C(O)(F)F)c(OC4CC4)c3)cn2)[C@H](OC(C)=O)C(OC(C)=O)[C@H]1OC(C)=O. The summed E-state index contributed by atoms with van der Waals surface area (Å²) in [4.78, 5) is 57.0. The van der Waals surface area contributed by atoms with Gasteiger partial charge in [0.2, 0.25) is 18.3 Å². The summed E-state index contributed by atoms with van der Waals surface area (Å²) < 4.78 is 67.6. The zero-order chi connectivity index (χ0) is 40.9. The van der Waals surface area contributed by atoms with E-state index >= 15 is 0 Å². The third-order valence-corrected chi connectivity index (χ3v) is 8.79. The molecule has 0 radical (unpaired) electrons. The fourth-order valence-corrected chi connectivity index (χ4v) is 6.11. The number of hydrogen-bond acceptors (Lipinski definition) is 15. The average molecular weight is 787 g/mol. The van der Waals surface area contributed by atoms with E-state index in [1.807, 2.05) is 0 Å². The molecule has 1 aliphatic heterocycles. The van der Waals surface area contributed by atoms with Crippen molar-refractivity contribution in [3.63, 3.8) is 0 Å². The first-order valence-electron chi connectivity index (χ1n) is 17.8. The molecule has 1 aliphatic carbocycles. The number of carbonyl (C=O) groups is 4. The van der Waals surface area contributed by atoms with Crippen molar-refractivity contribution in [3.8, 4) is 11.6 Å². The molecule has 302 valence electrons. The Morgan fingerprint density at radius 3 is 1.98 bits per heavy atom. The zero-order valence-corrected chi connectivity index (χ0v) is 31.6. The van der Waals surface area contributed by atoms with Crippen LogP contribution >= 0.6 is 0 Å². The molecule has 15 nitrogen and oxygen atoms in total. The summed E-state index contributed by atoms with van der Waals surface area (Å²) in [6.45, 7) is 7.22. The first-order chi connectivity index (χ1) is 26.3. The van der Waals surface area contributed by atoms with Crippen LogP contribution in [0.5, 0.6) is 11.6 Å². The van der Waals surface area contributed by atoms with Crippen molar-refractivity contribution in [1.29, 1.82) is 0 Å². The van der Waals surface area contributed by atoms with Gasteiger partial charge in [-0.05, 0) is 68.0 Å². The highest BCUT2D eigenvalue weighted by Crippen LogP contribution is 2.40. The topological polar surface area (TPSA) is 199 Å². The minimum atomic E-state index is -4.13. The van der Waals surface area contributed by atoms with Crippen LogP contribution < -0.4 is 9.47 Å². The largest absolute Gasteiger partial charge is 0.490 e. The lowest BCUT2D eigenvalue weighted by atomic mass is 9.86. The van der Waals surface area contributed by atoms with Crippen LogP contribution in [-0.4, -0.2) is 87.5 Å². The minimum absolute atomic E-state index is 0.0305. The third kappa shape index (κ3) is 11.2. The molecular weight excluding hydrogens is 742 g/mol. The molecule has 0 bridgehead atoms. The van der Waals surface area contributed by atoms with E-state index in [0.29, 0.717) is 35.2 Å². The van der Waals surface area contributed by atoms with E-state index in [9.17, 15) is 38.2 Å². The summed E-state index contributed by atoms with van der Waals surface area (Å²) in [5.74, 6) is -3.73. The molecule has 17 heteroatoms. The maximum atomic E-state index is 14.2. The number of aromatic nitrogens is 2. The van der Waals surface area contributed by atoms with Gasteiger partial charge in [0.05, 0.1) is 17.4 Å². The van der Waals surface area contributed by atoms with E-state index in [-0.39, 0.29) is 24.2 Å². The van der Waals surface area contributed by atoms with Gasteiger partial charge < -0.3 is 43.4 Å². The lowest BCUT2D eigenvalue weighted by Gasteiger charge is -2.43. The van der Waals surface area contributed by atoms with E-state index in [1.54, 1.807) is 38.2 Å². The van der Waals surface area contributed by atoms with Crippen LogP contribution in [0.1, 0.15) is 88.2 Å². The molecule has 0 spiro atoms. The lowest BCUT2D eigenvalue weighted by molar-refractivity contribution is -0.289. The second kappa shape index (κ2) is 17.3. The van der Waals surface area contributed by atoms with Crippen LogP contribution in [0.15, 0.2) is 54.9 Å². The van der Waals surface area contributed by atoms with Gasteiger partial charge in [-0.15, -0.1) is 0 Å². The van der Waals surface area contributed by atoms with Crippen LogP contribution in [0, 0.1) is 0 Å². The van der Waals surface area contributed by atoms with Crippen LogP contribution in [0.3, 0.4) is 0 Å². The predicted molar refractivity (Wildman–Crippen MR) is 188 cm³/mol. The highest BCUT2D eigenvalue weighted by Gasteiger charge is 2.53. The smallest absolute Gasteiger partial charge is 0.384 e. The fourth-order valence-electron chi connectivity index (χ4n) is 6.11. The third-order valence-electron chi connectivity index (χ3n) is 8.79. The van der Waals surface area contributed by atoms with Gasteiger partial charge in [-0.1, -0.05) is 18.2 Å². The zero-order valence-electron chi connectivity index (χ0n) is 31.6. The minimum Gasteiger partial charge on any atom is -0.490 e. The highest BCUT2D eigenvalue weighted by atomic mass is 19.3. The number of pyridine rings is 2. The number of carbonyl (C=O) groups excluding carboxylic acids is 4. The Hall–Kier alpha value is -5.26. The first-order valence-corrected chi connectivity index (χ1v) is 17.8. The second-order valence-electron chi connectivity index (χ2n) is 14.1. The van der Waals surface area contributed by atoms with Gasteiger partial charge in [-0.2, -0.15) is 8.78 Å². The molecule has 1 saturated heterocycles. The molecule has 2 fully saturated rings. The van der Waals surface area contributed by atoms with Gasteiger partial charge >= 0.3 is 30.0 Å². The van der Waals surface area contributed by atoms with Gasteiger partial charge in [0.15, 0.2) is 12.2 Å². The maximum Gasteiger partial charge on any atom is 0.384 e. The van der Waals surface area contributed by atoms with Crippen LogP contribution in [0.2, 0.25) is 0 Å². The summed E-state index contributed by atoms with van der Waals surface area (Å²) in [5.41, 5.74) is 0.438. The number of alkyl halides is 2.